The molecule has 8 nitrogen and oxygen atoms in total. The molecule has 2 aromatic carbocycles. The average molecular weight is 545 g/mol. The number of hydrazine groups is 1. The van der Waals surface area contributed by atoms with E-state index >= 15 is 0 Å². The number of allylic oxidation sites excluding steroid dienone is 1. The first-order chi connectivity index (χ1) is 19.3. The summed E-state index contributed by atoms with van der Waals surface area (Å²) in [5, 5.41) is 2.42. The van der Waals surface area contributed by atoms with Crippen molar-refractivity contribution in [2.75, 3.05) is 33.4 Å². The van der Waals surface area contributed by atoms with Gasteiger partial charge in [-0.05, 0) is 49.9 Å². The van der Waals surface area contributed by atoms with Crippen LogP contribution in [0.2, 0.25) is 0 Å². The molecule has 4 aromatic rings. The lowest BCUT2D eigenvalue weighted by molar-refractivity contribution is 0.0400. The summed E-state index contributed by atoms with van der Waals surface area (Å²) < 4.78 is 21.1. The van der Waals surface area contributed by atoms with Crippen molar-refractivity contribution in [3.8, 4) is 0 Å². The number of pyridine rings is 1. The fourth-order valence-electron chi connectivity index (χ4n) is 5.47. The van der Waals surface area contributed by atoms with Gasteiger partial charge in [-0.3, -0.25) is 9.78 Å². The van der Waals surface area contributed by atoms with Gasteiger partial charge in [0.15, 0.2) is 0 Å². The summed E-state index contributed by atoms with van der Waals surface area (Å²) in [6.07, 6.45) is 2.85. The quantitative estimate of drug-likeness (QED) is 0.282. The SMILES string of the molecule is C/C(N)=C(\c1cnc2c3cc(C(=O)N4CC(F)C4)ccc3n(CC3CCOCC3)c2c1)N(C)N.c1ccccc1. The molecular formula is C31H37FN6O2. The summed E-state index contributed by atoms with van der Waals surface area (Å²) in [6, 6.07) is 19.8. The predicted molar refractivity (Wildman–Crippen MR) is 157 cm³/mol. The number of hydrogen-bond donors (Lipinski definition) is 2. The lowest BCUT2D eigenvalue weighted by Gasteiger charge is -2.34. The molecule has 1 amide bonds. The smallest absolute Gasteiger partial charge is 0.254 e. The average Bonchev–Trinajstić information content (AvgIpc) is 3.24. The molecule has 4 heterocycles. The van der Waals surface area contributed by atoms with Gasteiger partial charge in [-0.1, -0.05) is 36.4 Å². The monoisotopic (exact) mass is 544 g/mol. The maximum Gasteiger partial charge on any atom is 0.254 e. The van der Waals surface area contributed by atoms with E-state index in [0.717, 1.165) is 60.1 Å². The van der Waals surface area contributed by atoms with E-state index in [1.807, 2.05) is 61.5 Å². The van der Waals surface area contributed by atoms with Gasteiger partial charge in [-0.25, -0.2) is 10.2 Å². The van der Waals surface area contributed by atoms with E-state index in [9.17, 15) is 9.18 Å². The number of alkyl halides is 1. The summed E-state index contributed by atoms with van der Waals surface area (Å²) in [7, 11) is 1.75. The number of carbonyl (C=O) groups is 1. The van der Waals surface area contributed by atoms with Crippen molar-refractivity contribution in [3.05, 3.63) is 83.7 Å². The van der Waals surface area contributed by atoms with Crippen LogP contribution < -0.4 is 11.6 Å². The molecule has 2 aliphatic rings. The number of nitrogens with two attached hydrogens (primary N) is 2. The second-order valence-corrected chi connectivity index (χ2v) is 10.6. The lowest BCUT2D eigenvalue weighted by Crippen LogP contribution is -2.51. The first kappa shape index (κ1) is 27.6. The van der Waals surface area contributed by atoms with Crippen molar-refractivity contribution in [2.45, 2.75) is 32.5 Å². The largest absolute Gasteiger partial charge is 0.401 e. The highest BCUT2D eigenvalue weighted by atomic mass is 19.1. The molecule has 210 valence electrons. The number of halogens is 1. The molecule has 0 aliphatic carbocycles. The van der Waals surface area contributed by atoms with Crippen LogP contribution in [0.3, 0.4) is 0 Å². The van der Waals surface area contributed by atoms with Crippen molar-refractivity contribution in [3.63, 3.8) is 0 Å². The molecule has 2 aromatic heterocycles. The molecule has 2 saturated heterocycles. The van der Waals surface area contributed by atoms with Gasteiger partial charge in [0, 0.05) is 55.2 Å². The Kier molecular flexibility index (Phi) is 8.32. The van der Waals surface area contributed by atoms with Gasteiger partial charge < -0.3 is 24.9 Å². The molecule has 0 bridgehead atoms. The van der Waals surface area contributed by atoms with E-state index in [2.05, 4.69) is 10.6 Å². The highest BCUT2D eigenvalue weighted by Gasteiger charge is 2.31. The van der Waals surface area contributed by atoms with E-state index in [4.69, 9.17) is 21.3 Å². The molecule has 9 heteroatoms. The Balaban J connectivity index is 0.000000477. The number of benzene rings is 2. The Hall–Kier alpha value is -3.95. The topological polar surface area (TPSA) is 103 Å². The number of likely N-dealkylation sites (tertiary alicyclic amines) is 1. The lowest BCUT2D eigenvalue weighted by atomic mass is 10.0. The maximum absolute atomic E-state index is 13.3. The first-order valence-electron chi connectivity index (χ1n) is 13.7. The molecule has 4 N–H and O–H groups in total. The third-order valence-electron chi connectivity index (χ3n) is 7.52. The predicted octanol–water partition coefficient (Wildman–Crippen LogP) is 4.55. The second kappa shape index (κ2) is 12.1. The Labute approximate surface area is 234 Å². The minimum atomic E-state index is -0.928. The standard InChI is InChI=1S/C25H31FN6O2.C6H6/c1-15(27)24(30(2)28)18-10-22-23(29-11-18)20-9-17(25(33)31-13-19(26)14-31)3-4-21(20)32(22)12-16-5-7-34-8-6-16;1-2-4-6-5-3-1/h3-4,9-11,16,19H,5-8,12-14,27-28H2,1-2H3;1-6H/b24-15-;. The van der Waals surface area contributed by atoms with E-state index in [1.165, 1.54) is 9.91 Å². The number of ether oxygens (including phenoxy) is 1. The van der Waals surface area contributed by atoms with E-state index < -0.39 is 6.17 Å². The minimum Gasteiger partial charge on any atom is -0.401 e. The van der Waals surface area contributed by atoms with Gasteiger partial charge >= 0.3 is 0 Å². The highest BCUT2D eigenvalue weighted by Crippen LogP contribution is 2.33. The number of rotatable bonds is 5. The van der Waals surface area contributed by atoms with E-state index in [1.54, 1.807) is 13.2 Å². The summed E-state index contributed by atoms with van der Waals surface area (Å²) in [5.41, 5.74) is 11.6. The molecule has 40 heavy (non-hydrogen) atoms. The van der Waals surface area contributed by atoms with Crippen LogP contribution in [0.25, 0.3) is 27.6 Å². The molecule has 0 unspecified atom stereocenters. The summed E-state index contributed by atoms with van der Waals surface area (Å²) >= 11 is 0. The fraction of sp³-hybridized carbons (Fsp3) is 0.355. The third kappa shape index (κ3) is 5.80. The van der Waals surface area contributed by atoms with Crippen molar-refractivity contribution in [1.29, 1.82) is 0 Å². The summed E-state index contributed by atoms with van der Waals surface area (Å²) in [6.45, 7) is 4.50. The summed E-state index contributed by atoms with van der Waals surface area (Å²) in [5.74, 6) is 6.41. The van der Waals surface area contributed by atoms with Crippen molar-refractivity contribution >= 4 is 33.5 Å². The molecule has 2 aliphatic heterocycles. The third-order valence-corrected chi connectivity index (χ3v) is 7.52. The van der Waals surface area contributed by atoms with Crippen molar-refractivity contribution in [2.24, 2.45) is 17.5 Å². The Bertz CT molecular complexity index is 1470. The molecule has 0 spiro atoms. The Morgan fingerprint density at radius 3 is 2.27 bits per heavy atom. The molecular weight excluding hydrogens is 507 g/mol. The number of amides is 1. The minimum absolute atomic E-state index is 0.147. The number of carbonyl (C=O) groups excluding carboxylic acids is 1. The normalized spacial score (nSPS) is 16.8. The zero-order valence-corrected chi connectivity index (χ0v) is 23.1. The van der Waals surface area contributed by atoms with Gasteiger partial charge in [-0.15, -0.1) is 0 Å². The van der Waals surface area contributed by atoms with Crippen LogP contribution in [-0.4, -0.2) is 64.9 Å². The van der Waals surface area contributed by atoms with Crippen LogP contribution in [0, 0.1) is 5.92 Å². The van der Waals surface area contributed by atoms with Crippen LogP contribution in [0.1, 0.15) is 35.7 Å². The molecule has 0 saturated carbocycles. The van der Waals surface area contributed by atoms with Crippen molar-refractivity contribution < 1.29 is 13.9 Å². The first-order valence-corrected chi connectivity index (χ1v) is 13.7. The van der Waals surface area contributed by atoms with Crippen molar-refractivity contribution in [1.82, 2.24) is 19.5 Å². The van der Waals surface area contributed by atoms with Gasteiger partial charge in [0.05, 0.1) is 35.3 Å². The van der Waals surface area contributed by atoms with Crippen LogP contribution in [0.15, 0.2) is 72.6 Å². The van der Waals surface area contributed by atoms with Crippen LogP contribution >= 0.6 is 0 Å². The van der Waals surface area contributed by atoms with Gasteiger partial charge in [0.2, 0.25) is 0 Å². The Morgan fingerprint density at radius 1 is 1.05 bits per heavy atom. The number of nitrogens with zero attached hydrogens (tertiary/aromatic N) is 4. The molecule has 0 atom stereocenters. The van der Waals surface area contributed by atoms with Crippen LogP contribution in [-0.2, 0) is 11.3 Å². The number of fused-ring (bicyclic) bond motifs is 3. The van der Waals surface area contributed by atoms with Gasteiger partial charge in [0.1, 0.15) is 6.17 Å². The van der Waals surface area contributed by atoms with E-state index in [-0.39, 0.29) is 19.0 Å². The molecule has 0 radical (unpaired) electrons. The molecule has 6 rings (SSSR count). The number of aromatic nitrogens is 2. The van der Waals surface area contributed by atoms with Crippen LogP contribution in [0.4, 0.5) is 4.39 Å². The zero-order valence-electron chi connectivity index (χ0n) is 23.1. The maximum atomic E-state index is 13.3. The number of hydrogen-bond acceptors (Lipinski definition) is 6. The Morgan fingerprint density at radius 2 is 1.70 bits per heavy atom. The highest BCUT2D eigenvalue weighted by molar-refractivity contribution is 6.09. The zero-order chi connectivity index (χ0) is 28.2. The molecule has 2 fully saturated rings. The van der Waals surface area contributed by atoms with E-state index in [0.29, 0.717) is 22.9 Å². The second-order valence-electron chi connectivity index (χ2n) is 10.6. The summed E-state index contributed by atoms with van der Waals surface area (Å²) in [4.78, 5) is 19.2. The van der Waals surface area contributed by atoms with Gasteiger partial charge in [-0.2, -0.15) is 0 Å². The van der Waals surface area contributed by atoms with Gasteiger partial charge in [0.25, 0.3) is 5.91 Å². The fourth-order valence-corrected chi connectivity index (χ4v) is 5.47. The van der Waals surface area contributed by atoms with Crippen LogP contribution in [0.5, 0.6) is 0 Å².